The van der Waals surface area contributed by atoms with Gasteiger partial charge in [0.15, 0.2) is 5.78 Å². The van der Waals surface area contributed by atoms with Crippen LogP contribution < -0.4 is 10.6 Å². The van der Waals surface area contributed by atoms with Crippen molar-refractivity contribution >= 4 is 17.2 Å². The molecule has 0 aromatic heterocycles. The van der Waals surface area contributed by atoms with Gasteiger partial charge in [0.2, 0.25) is 0 Å². The summed E-state index contributed by atoms with van der Waals surface area (Å²) in [5, 5.41) is 6.66. The van der Waals surface area contributed by atoms with Crippen molar-refractivity contribution < 1.29 is 4.79 Å². The summed E-state index contributed by atoms with van der Waals surface area (Å²) in [6.45, 7) is 17.8. The summed E-state index contributed by atoms with van der Waals surface area (Å²) in [5.74, 6) is 3.01. The molecule has 1 aliphatic carbocycles. The Morgan fingerprint density at radius 2 is 2.06 bits per heavy atom. The number of allylic oxidation sites excluding steroid dienone is 4. The normalized spacial score (nSPS) is 14.7. The van der Waals surface area contributed by atoms with Crippen LogP contribution in [0.4, 0.5) is 5.69 Å². The summed E-state index contributed by atoms with van der Waals surface area (Å²) >= 11 is 0. The van der Waals surface area contributed by atoms with E-state index in [2.05, 4.69) is 47.3 Å². The van der Waals surface area contributed by atoms with Crippen molar-refractivity contribution in [2.24, 2.45) is 4.99 Å². The van der Waals surface area contributed by atoms with E-state index in [1.165, 1.54) is 6.92 Å². The van der Waals surface area contributed by atoms with Gasteiger partial charge in [-0.1, -0.05) is 37.8 Å². The Morgan fingerprint density at radius 3 is 2.61 bits per heavy atom. The highest BCUT2D eigenvalue weighted by Crippen LogP contribution is 2.30. The van der Waals surface area contributed by atoms with E-state index in [9.17, 15) is 4.79 Å². The van der Waals surface area contributed by atoms with Crippen LogP contribution in [0.3, 0.4) is 0 Å². The molecule has 0 saturated carbocycles. The molecule has 2 rings (SSSR count). The Kier molecular flexibility index (Phi) is 7.81. The molecule has 0 aliphatic heterocycles. The summed E-state index contributed by atoms with van der Waals surface area (Å²) in [5.41, 5.74) is 6.36. The van der Waals surface area contributed by atoms with Gasteiger partial charge < -0.3 is 15.5 Å². The number of nitrogens with one attached hydrogen (secondary N) is 2. The zero-order valence-corrected chi connectivity index (χ0v) is 18.7. The fourth-order valence-corrected chi connectivity index (χ4v) is 3.03. The number of carbonyl (C=O) groups excluding carboxylic acids is 1. The number of likely N-dealkylation sites (N-methyl/N-ethyl adjacent to an activating group) is 1. The van der Waals surface area contributed by atoms with Gasteiger partial charge in [-0.15, -0.1) is 6.42 Å². The Bertz CT molecular complexity index is 1050. The van der Waals surface area contributed by atoms with Crippen LogP contribution in [0.15, 0.2) is 89.5 Å². The number of benzene rings is 1. The van der Waals surface area contributed by atoms with Gasteiger partial charge in [-0.25, -0.2) is 4.99 Å². The van der Waals surface area contributed by atoms with Gasteiger partial charge in [0.25, 0.3) is 0 Å². The summed E-state index contributed by atoms with van der Waals surface area (Å²) in [6, 6.07) is 7.45. The largest absolute Gasteiger partial charge is 0.380 e. The molecule has 31 heavy (non-hydrogen) atoms. The quantitative estimate of drug-likeness (QED) is 0.435. The van der Waals surface area contributed by atoms with Gasteiger partial charge in [0, 0.05) is 30.7 Å². The number of carbonyl (C=O) groups is 1. The molecule has 1 aromatic rings. The van der Waals surface area contributed by atoms with Gasteiger partial charge in [0.05, 0.1) is 5.71 Å². The number of nitrogens with zero attached hydrogens (tertiary/aromatic N) is 2. The Hall–Kier alpha value is -3.78. The van der Waals surface area contributed by atoms with Crippen molar-refractivity contribution in [3.63, 3.8) is 0 Å². The van der Waals surface area contributed by atoms with Crippen LogP contribution in [0.2, 0.25) is 0 Å². The van der Waals surface area contributed by atoms with Crippen LogP contribution in [0.1, 0.15) is 26.3 Å². The highest BCUT2D eigenvalue weighted by molar-refractivity contribution is 5.97. The minimum atomic E-state index is -0.654. The average Bonchev–Trinajstić information content (AvgIpc) is 2.75. The lowest BCUT2D eigenvalue weighted by Gasteiger charge is -2.24. The van der Waals surface area contributed by atoms with Gasteiger partial charge >= 0.3 is 0 Å². The molecule has 0 saturated heterocycles. The number of anilines is 1. The minimum Gasteiger partial charge on any atom is -0.380 e. The molecular formula is C26H30N4O. The second kappa shape index (κ2) is 10.3. The fourth-order valence-electron chi connectivity index (χ4n) is 3.03. The molecule has 0 radical (unpaired) electrons. The monoisotopic (exact) mass is 414 g/mol. The summed E-state index contributed by atoms with van der Waals surface area (Å²) in [6.07, 6.45) is 9.29. The SMILES string of the molecule is C#CC(C(C)=O)N(C)C(=C\C)/N=C(\C)C(=C)NCc1cccc(NC2=CC(=C)C2=C)c1. The van der Waals surface area contributed by atoms with Crippen molar-refractivity contribution in [2.75, 3.05) is 12.4 Å². The predicted octanol–water partition coefficient (Wildman–Crippen LogP) is 4.56. The summed E-state index contributed by atoms with van der Waals surface area (Å²) in [7, 11) is 1.76. The van der Waals surface area contributed by atoms with E-state index in [-0.39, 0.29) is 5.78 Å². The molecule has 160 valence electrons. The first-order valence-electron chi connectivity index (χ1n) is 9.98. The number of ketones is 1. The van der Waals surface area contributed by atoms with E-state index in [0.717, 1.165) is 28.1 Å². The second-order valence-electron chi connectivity index (χ2n) is 7.35. The zero-order chi connectivity index (χ0) is 23.1. The van der Waals surface area contributed by atoms with Gasteiger partial charge in [0.1, 0.15) is 11.9 Å². The molecule has 2 N–H and O–H groups in total. The van der Waals surface area contributed by atoms with E-state index < -0.39 is 6.04 Å². The molecular weight excluding hydrogens is 384 g/mol. The van der Waals surface area contributed by atoms with E-state index in [0.29, 0.717) is 23.8 Å². The smallest absolute Gasteiger partial charge is 0.164 e. The number of Topliss-reactive ketones (excluding diaryl/α,β-unsaturated/α-hetero) is 1. The van der Waals surface area contributed by atoms with Crippen molar-refractivity contribution in [2.45, 2.75) is 33.4 Å². The Morgan fingerprint density at radius 1 is 1.35 bits per heavy atom. The summed E-state index contributed by atoms with van der Waals surface area (Å²) < 4.78 is 0. The number of rotatable bonds is 10. The lowest BCUT2D eigenvalue weighted by molar-refractivity contribution is -0.119. The first-order chi connectivity index (χ1) is 14.7. The lowest BCUT2D eigenvalue weighted by atomic mass is 9.94. The van der Waals surface area contributed by atoms with E-state index in [4.69, 9.17) is 6.42 Å². The predicted molar refractivity (Wildman–Crippen MR) is 130 cm³/mol. The Labute approximate surface area is 185 Å². The molecule has 1 aromatic carbocycles. The first-order valence-corrected chi connectivity index (χ1v) is 9.98. The molecule has 0 bridgehead atoms. The van der Waals surface area contributed by atoms with Crippen molar-refractivity contribution in [3.05, 3.63) is 90.1 Å². The van der Waals surface area contributed by atoms with Crippen LogP contribution >= 0.6 is 0 Å². The van der Waals surface area contributed by atoms with Gasteiger partial charge in [-0.2, -0.15) is 0 Å². The van der Waals surface area contributed by atoms with E-state index >= 15 is 0 Å². The maximum absolute atomic E-state index is 11.8. The van der Waals surface area contributed by atoms with E-state index in [1.807, 2.05) is 44.2 Å². The first kappa shape index (κ1) is 23.5. The number of terminal acetylenes is 1. The van der Waals surface area contributed by atoms with Crippen LogP contribution in [0, 0.1) is 12.3 Å². The van der Waals surface area contributed by atoms with Crippen molar-refractivity contribution in [1.29, 1.82) is 0 Å². The highest BCUT2D eigenvalue weighted by atomic mass is 16.1. The van der Waals surface area contributed by atoms with E-state index in [1.54, 1.807) is 11.9 Å². The van der Waals surface area contributed by atoms with Gasteiger partial charge in [-0.3, -0.25) is 4.79 Å². The molecule has 5 heteroatoms. The molecule has 1 atom stereocenters. The standard InChI is InChI=1S/C26H30N4O/c1-9-25(21(7)31)30(8)26(10-2)28-20(6)19(5)27-16-22-12-11-13-23(15-22)29-24-14-17(3)18(24)4/h1,10-15,25,27,29H,3-5,16H2,2,6-8H3/b26-10-,28-20+. The Balaban J connectivity index is 2.01. The molecule has 5 nitrogen and oxygen atoms in total. The maximum Gasteiger partial charge on any atom is 0.164 e. The topological polar surface area (TPSA) is 56.7 Å². The molecule has 0 fully saturated rings. The minimum absolute atomic E-state index is 0.104. The third-order valence-corrected chi connectivity index (χ3v) is 5.01. The third-order valence-electron chi connectivity index (χ3n) is 5.01. The number of aliphatic imine (C=N–C) groups is 1. The van der Waals surface area contributed by atoms with Crippen LogP contribution in [0.5, 0.6) is 0 Å². The molecule has 1 aliphatic rings. The molecule has 0 spiro atoms. The molecule has 1 unspecified atom stereocenters. The summed E-state index contributed by atoms with van der Waals surface area (Å²) in [4.78, 5) is 18.1. The average molecular weight is 415 g/mol. The van der Waals surface area contributed by atoms with Gasteiger partial charge in [-0.05, 0) is 61.8 Å². The van der Waals surface area contributed by atoms with Crippen LogP contribution in [-0.4, -0.2) is 29.5 Å². The maximum atomic E-state index is 11.8. The zero-order valence-electron chi connectivity index (χ0n) is 18.7. The van der Waals surface area contributed by atoms with Crippen molar-refractivity contribution in [1.82, 2.24) is 10.2 Å². The van der Waals surface area contributed by atoms with Crippen LogP contribution in [0.25, 0.3) is 0 Å². The van der Waals surface area contributed by atoms with Crippen molar-refractivity contribution in [3.8, 4) is 12.3 Å². The highest BCUT2D eigenvalue weighted by Gasteiger charge is 2.19. The third kappa shape index (κ3) is 5.86. The lowest BCUT2D eigenvalue weighted by Crippen LogP contribution is -2.35. The van der Waals surface area contributed by atoms with Crippen LogP contribution in [-0.2, 0) is 11.3 Å². The fraction of sp³-hybridized carbons (Fsp3) is 0.231. The second-order valence-corrected chi connectivity index (χ2v) is 7.35. The number of hydrogen-bond donors (Lipinski definition) is 2. The number of hydrogen-bond acceptors (Lipinski definition) is 5. The molecule has 0 heterocycles. The molecule has 0 amide bonds.